The van der Waals surface area contributed by atoms with E-state index in [1.807, 2.05) is 4.72 Å². The van der Waals surface area contributed by atoms with E-state index in [0.717, 1.165) is 18.2 Å². The molecule has 0 saturated heterocycles. The number of rotatable bonds is 3. The molecule has 19 heavy (non-hydrogen) atoms. The number of halogens is 3. The van der Waals surface area contributed by atoms with Gasteiger partial charge in [0.25, 0.3) is 10.0 Å². The van der Waals surface area contributed by atoms with Gasteiger partial charge in [-0.15, -0.1) is 0 Å². The second-order valence-corrected chi connectivity index (χ2v) is 5.80. The minimum atomic E-state index is -3.98. The maximum atomic E-state index is 13.4. The second kappa shape index (κ2) is 5.14. The van der Waals surface area contributed by atoms with E-state index >= 15 is 0 Å². The molecule has 2 rings (SSSR count). The van der Waals surface area contributed by atoms with Crippen molar-refractivity contribution in [2.24, 2.45) is 0 Å². The molecule has 0 aliphatic rings. The highest BCUT2D eigenvalue weighted by Crippen LogP contribution is 2.21. The molecule has 0 amide bonds. The van der Waals surface area contributed by atoms with Gasteiger partial charge in [0.05, 0.1) is 10.6 Å². The van der Waals surface area contributed by atoms with Crippen LogP contribution in [-0.2, 0) is 10.0 Å². The Kier molecular flexibility index (Phi) is 3.73. The van der Waals surface area contributed by atoms with E-state index in [4.69, 9.17) is 11.6 Å². The van der Waals surface area contributed by atoms with Crippen LogP contribution in [0.3, 0.4) is 0 Å². The lowest BCUT2D eigenvalue weighted by Gasteiger charge is -2.09. The smallest absolute Gasteiger partial charge is 0.261 e. The minimum absolute atomic E-state index is 0.0967. The Balaban J connectivity index is 2.36. The van der Waals surface area contributed by atoms with Gasteiger partial charge < -0.3 is 0 Å². The molecule has 0 atom stereocenters. The maximum Gasteiger partial charge on any atom is 0.261 e. The van der Waals surface area contributed by atoms with E-state index in [9.17, 15) is 17.2 Å². The number of anilines is 1. The summed E-state index contributed by atoms with van der Waals surface area (Å²) in [5.41, 5.74) is -0.449. The van der Waals surface area contributed by atoms with Crippen LogP contribution in [0.2, 0.25) is 5.02 Å². The summed E-state index contributed by atoms with van der Waals surface area (Å²) in [4.78, 5) is -0.0967. The average molecular weight is 304 g/mol. The third-order valence-electron chi connectivity index (χ3n) is 2.30. The third kappa shape index (κ3) is 3.21. The van der Waals surface area contributed by atoms with Crippen molar-refractivity contribution in [1.29, 1.82) is 0 Å². The summed E-state index contributed by atoms with van der Waals surface area (Å²) < 4.78 is 52.2. The van der Waals surface area contributed by atoms with Crippen LogP contribution in [0.4, 0.5) is 14.5 Å². The molecular weight excluding hydrogens is 296 g/mol. The van der Waals surface area contributed by atoms with Gasteiger partial charge in [0.2, 0.25) is 0 Å². The Morgan fingerprint density at radius 1 is 1.00 bits per heavy atom. The van der Waals surface area contributed by atoms with Crippen molar-refractivity contribution >= 4 is 27.3 Å². The quantitative estimate of drug-likeness (QED) is 0.944. The lowest BCUT2D eigenvalue weighted by atomic mass is 10.3. The Bertz CT molecular complexity index is 702. The summed E-state index contributed by atoms with van der Waals surface area (Å²) in [6.45, 7) is 0. The fourth-order valence-electron chi connectivity index (χ4n) is 1.39. The highest BCUT2D eigenvalue weighted by atomic mass is 35.5. The van der Waals surface area contributed by atoms with Gasteiger partial charge in [-0.1, -0.05) is 11.6 Å². The molecule has 2 aromatic carbocycles. The molecule has 100 valence electrons. The first-order valence-corrected chi connectivity index (χ1v) is 6.98. The summed E-state index contributed by atoms with van der Waals surface area (Å²) in [6, 6.07) is 7.81. The standard InChI is InChI=1S/C12H8ClF2NO2S/c13-8-1-4-10(5-2-8)19(17,18)16-12-7-9(14)3-6-11(12)15/h1-7,16H. The molecule has 0 spiro atoms. The van der Waals surface area contributed by atoms with E-state index in [2.05, 4.69) is 0 Å². The SMILES string of the molecule is O=S(=O)(Nc1cc(F)ccc1F)c1ccc(Cl)cc1. The highest BCUT2D eigenvalue weighted by Gasteiger charge is 2.16. The van der Waals surface area contributed by atoms with E-state index in [0.29, 0.717) is 5.02 Å². The molecule has 0 radical (unpaired) electrons. The van der Waals surface area contributed by atoms with Crippen molar-refractivity contribution in [3.8, 4) is 0 Å². The highest BCUT2D eigenvalue weighted by molar-refractivity contribution is 7.92. The van der Waals surface area contributed by atoms with Gasteiger partial charge in [-0.05, 0) is 36.4 Å². The molecule has 0 unspecified atom stereocenters. The van der Waals surface area contributed by atoms with Crippen LogP contribution in [0.15, 0.2) is 47.4 Å². The topological polar surface area (TPSA) is 46.2 Å². The number of nitrogens with one attached hydrogen (secondary N) is 1. The minimum Gasteiger partial charge on any atom is -0.277 e. The third-order valence-corrected chi connectivity index (χ3v) is 3.93. The van der Waals surface area contributed by atoms with Gasteiger partial charge in [0.15, 0.2) is 0 Å². The second-order valence-electron chi connectivity index (χ2n) is 3.68. The summed E-state index contributed by atoms with van der Waals surface area (Å²) in [6.07, 6.45) is 0. The lowest BCUT2D eigenvalue weighted by molar-refractivity contribution is 0.594. The molecule has 0 saturated carbocycles. The molecule has 0 fully saturated rings. The predicted molar refractivity (Wildman–Crippen MR) is 68.6 cm³/mol. The molecule has 0 heterocycles. The van der Waals surface area contributed by atoms with Gasteiger partial charge in [-0.3, -0.25) is 4.72 Å². The van der Waals surface area contributed by atoms with E-state index in [-0.39, 0.29) is 4.90 Å². The molecule has 0 aliphatic heterocycles. The van der Waals surface area contributed by atoms with Crippen molar-refractivity contribution in [2.45, 2.75) is 4.90 Å². The van der Waals surface area contributed by atoms with Crippen LogP contribution in [-0.4, -0.2) is 8.42 Å². The fraction of sp³-hybridized carbons (Fsp3) is 0. The molecule has 3 nitrogen and oxygen atoms in total. The predicted octanol–water partition coefficient (Wildman–Crippen LogP) is 3.42. The zero-order chi connectivity index (χ0) is 14.0. The molecule has 0 aliphatic carbocycles. The van der Waals surface area contributed by atoms with Gasteiger partial charge in [-0.25, -0.2) is 17.2 Å². The van der Waals surface area contributed by atoms with Crippen molar-refractivity contribution in [3.63, 3.8) is 0 Å². The normalized spacial score (nSPS) is 11.3. The zero-order valence-electron chi connectivity index (χ0n) is 9.40. The van der Waals surface area contributed by atoms with Crippen molar-refractivity contribution in [1.82, 2.24) is 0 Å². The maximum absolute atomic E-state index is 13.4. The Morgan fingerprint density at radius 3 is 2.26 bits per heavy atom. The fourth-order valence-corrected chi connectivity index (χ4v) is 2.58. The first-order valence-electron chi connectivity index (χ1n) is 5.12. The Labute approximate surface area is 113 Å². The average Bonchev–Trinajstić information content (AvgIpc) is 2.34. The van der Waals surface area contributed by atoms with Crippen molar-refractivity contribution in [3.05, 3.63) is 59.1 Å². The summed E-state index contributed by atoms with van der Waals surface area (Å²) in [5, 5.41) is 0.371. The van der Waals surface area contributed by atoms with Crippen LogP contribution in [0.25, 0.3) is 0 Å². The number of benzene rings is 2. The van der Waals surface area contributed by atoms with Crippen LogP contribution >= 0.6 is 11.6 Å². The molecule has 0 bridgehead atoms. The first-order chi connectivity index (χ1) is 8.88. The van der Waals surface area contributed by atoms with E-state index in [1.165, 1.54) is 24.3 Å². The molecule has 0 aromatic heterocycles. The van der Waals surface area contributed by atoms with E-state index < -0.39 is 27.3 Å². The summed E-state index contributed by atoms with van der Waals surface area (Å²) in [5.74, 6) is -1.60. The van der Waals surface area contributed by atoms with Gasteiger partial charge >= 0.3 is 0 Å². The van der Waals surface area contributed by atoms with E-state index in [1.54, 1.807) is 0 Å². The summed E-state index contributed by atoms with van der Waals surface area (Å²) in [7, 11) is -3.98. The summed E-state index contributed by atoms with van der Waals surface area (Å²) >= 11 is 5.64. The zero-order valence-corrected chi connectivity index (χ0v) is 11.0. The Hall–Kier alpha value is -1.66. The van der Waals surface area contributed by atoms with Gasteiger partial charge in [0.1, 0.15) is 11.6 Å². The van der Waals surface area contributed by atoms with Gasteiger partial charge in [-0.2, -0.15) is 0 Å². The molecule has 7 heteroatoms. The monoisotopic (exact) mass is 303 g/mol. The number of sulfonamides is 1. The van der Waals surface area contributed by atoms with Crippen LogP contribution < -0.4 is 4.72 Å². The van der Waals surface area contributed by atoms with Crippen molar-refractivity contribution in [2.75, 3.05) is 4.72 Å². The molecule has 1 N–H and O–H groups in total. The van der Waals surface area contributed by atoms with Crippen LogP contribution in [0.5, 0.6) is 0 Å². The number of hydrogen-bond donors (Lipinski definition) is 1. The number of hydrogen-bond acceptors (Lipinski definition) is 2. The first kappa shape index (κ1) is 13.8. The van der Waals surface area contributed by atoms with Crippen LogP contribution in [0, 0.1) is 11.6 Å². The Morgan fingerprint density at radius 2 is 1.63 bits per heavy atom. The van der Waals surface area contributed by atoms with Crippen LogP contribution in [0.1, 0.15) is 0 Å². The molecular formula is C12H8ClF2NO2S. The lowest BCUT2D eigenvalue weighted by Crippen LogP contribution is -2.14. The van der Waals surface area contributed by atoms with Crippen molar-refractivity contribution < 1.29 is 17.2 Å². The van der Waals surface area contributed by atoms with Gasteiger partial charge in [0, 0.05) is 11.1 Å². The largest absolute Gasteiger partial charge is 0.277 e. The molecule has 2 aromatic rings.